The molecule has 1 aromatic carbocycles. The number of rotatable bonds is 5. The van der Waals surface area contributed by atoms with Crippen LogP contribution in [-0.2, 0) is 4.74 Å². The number of allylic oxidation sites excluding steroid dienone is 1. The van der Waals surface area contributed by atoms with Crippen LogP contribution in [0.2, 0.25) is 0 Å². The molecule has 0 fully saturated rings. The van der Waals surface area contributed by atoms with E-state index in [1.54, 1.807) is 6.07 Å². The lowest BCUT2D eigenvalue weighted by molar-refractivity contribution is 0.121. The summed E-state index contributed by atoms with van der Waals surface area (Å²) in [7, 11) is 0. The Morgan fingerprint density at radius 1 is 1.44 bits per heavy atom. The van der Waals surface area contributed by atoms with Crippen LogP contribution < -0.4 is 0 Å². The van der Waals surface area contributed by atoms with Crippen LogP contribution in [0.5, 0.6) is 5.75 Å². The van der Waals surface area contributed by atoms with Gasteiger partial charge in [0.1, 0.15) is 5.75 Å². The van der Waals surface area contributed by atoms with E-state index in [9.17, 15) is 5.11 Å². The van der Waals surface area contributed by atoms with Crippen LogP contribution in [0.25, 0.3) is 6.08 Å². The highest BCUT2D eigenvalue weighted by atomic mass is 16.5. The van der Waals surface area contributed by atoms with Crippen molar-refractivity contribution in [1.82, 2.24) is 0 Å². The first-order valence-corrected chi connectivity index (χ1v) is 6.55. The molecule has 2 rings (SSSR count). The van der Waals surface area contributed by atoms with Gasteiger partial charge in [-0.05, 0) is 25.3 Å². The van der Waals surface area contributed by atoms with Gasteiger partial charge in [-0.2, -0.15) is 0 Å². The minimum atomic E-state index is 0.268. The Hall–Kier alpha value is -1.54. The van der Waals surface area contributed by atoms with Gasteiger partial charge in [-0.15, -0.1) is 0 Å². The van der Waals surface area contributed by atoms with E-state index in [1.165, 1.54) is 5.57 Å². The number of ether oxygens (including phenoxy) is 1. The first kappa shape index (κ1) is 12.9. The summed E-state index contributed by atoms with van der Waals surface area (Å²) in [5.41, 5.74) is 2.25. The Kier molecular flexibility index (Phi) is 4.59. The fourth-order valence-electron chi connectivity index (χ4n) is 2.13. The second kappa shape index (κ2) is 6.41. The van der Waals surface area contributed by atoms with E-state index >= 15 is 0 Å². The van der Waals surface area contributed by atoms with Gasteiger partial charge in [-0.3, -0.25) is 0 Å². The SMILES string of the molecule is CC/C(=C\c1ccccc1O)CC[C@@H]1C=CCO1. The molecule has 0 aliphatic carbocycles. The van der Waals surface area contributed by atoms with E-state index in [0.29, 0.717) is 5.75 Å². The number of hydrogen-bond donors (Lipinski definition) is 1. The Morgan fingerprint density at radius 2 is 2.28 bits per heavy atom. The van der Waals surface area contributed by atoms with E-state index in [2.05, 4.69) is 25.2 Å². The number of benzene rings is 1. The maximum Gasteiger partial charge on any atom is 0.122 e. The zero-order valence-corrected chi connectivity index (χ0v) is 10.8. The molecule has 1 aromatic rings. The molecule has 1 atom stereocenters. The summed E-state index contributed by atoms with van der Waals surface area (Å²) in [6.45, 7) is 2.90. The topological polar surface area (TPSA) is 29.5 Å². The molecule has 96 valence electrons. The molecule has 0 unspecified atom stereocenters. The zero-order chi connectivity index (χ0) is 12.8. The Morgan fingerprint density at radius 3 is 2.94 bits per heavy atom. The van der Waals surface area contributed by atoms with Crippen molar-refractivity contribution >= 4 is 6.08 Å². The largest absolute Gasteiger partial charge is 0.507 e. The van der Waals surface area contributed by atoms with Crippen molar-refractivity contribution in [1.29, 1.82) is 0 Å². The van der Waals surface area contributed by atoms with Crippen LogP contribution in [0.3, 0.4) is 0 Å². The molecule has 0 amide bonds. The second-order valence-electron chi connectivity index (χ2n) is 4.55. The van der Waals surface area contributed by atoms with Crippen molar-refractivity contribution in [3.05, 3.63) is 47.6 Å². The normalized spacial score (nSPS) is 19.4. The van der Waals surface area contributed by atoms with Crippen LogP contribution in [-0.4, -0.2) is 17.8 Å². The Bertz CT molecular complexity index is 446. The fraction of sp³-hybridized carbons (Fsp3) is 0.375. The standard InChI is InChI=1S/C16H20O2/c1-2-13(9-10-15-7-5-11-18-15)12-14-6-3-4-8-16(14)17/h3-8,12,15,17H,2,9-11H2,1H3/b13-12+/t15-/m0/s1. The first-order chi connectivity index (χ1) is 8.79. The number of para-hydroxylation sites is 1. The summed E-state index contributed by atoms with van der Waals surface area (Å²) in [5, 5.41) is 9.75. The summed E-state index contributed by atoms with van der Waals surface area (Å²) in [4.78, 5) is 0. The second-order valence-corrected chi connectivity index (χ2v) is 4.55. The van der Waals surface area contributed by atoms with Gasteiger partial charge >= 0.3 is 0 Å². The van der Waals surface area contributed by atoms with Crippen LogP contribution in [0.4, 0.5) is 0 Å². The smallest absolute Gasteiger partial charge is 0.122 e. The maximum absolute atomic E-state index is 9.75. The van der Waals surface area contributed by atoms with E-state index < -0.39 is 0 Å². The summed E-state index contributed by atoms with van der Waals surface area (Å²) in [6, 6.07) is 7.45. The predicted molar refractivity (Wildman–Crippen MR) is 74.5 cm³/mol. The van der Waals surface area contributed by atoms with Gasteiger partial charge in [0.25, 0.3) is 0 Å². The number of phenols is 1. The summed E-state index contributed by atoms with van der Waals surface area (Å²) >= 11 is 0. The van der Waals surface area contributed by atoms with E-state index in [1.807, 2.05) is 18.2 Å². The van der Waals surface area contributed by atoms with Crippen molar-refractivity contribution in [2.45, 2.75) is 32.3 Å². The lowest BCUT2D eigenvalue weighted by atomic mass is 10.0. The first-order valence-electron chi connectivity index (χ1n) is 6.55. The third-order valence-corrected chi connectivity index (χ3v) is 3.26. The number of phenolic OH excluding ortho intramolecular Hbond substituents is 1. The van der Waals surface area contributed by atoms with E-state index in [-0.39, 0.29) is 6.10 Å². The molecule has 2 heteroatoms. The van der Waals surface area contributed by atoms with Crippen molar-refractivity contribution in [2.24, 2.45) is 0 Å². The number of aromatic hydroxyl groups is 1. The van der Waals surface area contributed by atoms with Crippen molar-refractivity contribution < 1.29 is 9.84 Å². The van der Waals surface area contributed by atoms with Gasteiger partial charge in [0.15, 0.2) is 0 Å². The Balaban J connectivity index is 1.99. The minimum Gasteiger partial charge on any atom is -0.507 e. The molecule has 0 saturated heterocycles. The molecule has 1 N–H and O–H groups in total. The highest BCUT2D eigenvalue weighted by Crippen LogP contribution is 2.23. The van der Waals surface area contributed by atoms with Gasteiger partial charge in [0.05, 0.1) is 12.7 Å². The highest BCUT2D eigenvalue weighted by molar-refractivity contribution is 5.59. The van der Waals surface area contributed by atoms with Crippen molar-refractivity contribution in [3.63, 3.8) is 0 Å². The van der Waals surface area contributed by atoms with Gasteiger partial charge in [0.2, 0.25) is 0 Å². The summed E-state index contributed by atoms with van der Waals surface area (Å²) < 4.78 is 5.53. The third-order valence-electron chi connectivity index (χ3n) is 3.26. The fourth-order valence-corrected chi connectivity index (χ4v) is 2.13. The molecule has 0 bridgehead atoms. The van der Waals surface area contributed by atoms with E-state index in [0.717, 1.165) is 31.4 Å². The van der Waals surface area contributed by atoms with Gasteiger partial charge in [-0.25, -0.2) is 0 Å². The highest BCUT2D eigenvalue weighted by Gasteiger charge is 2.10. The predicted octanol–water partition coefficient (Wildman–Crippen LogP) is 3.92. The quantitative estimate of drug-likeness (QED) is 0.795. The Labute approximate surface area is 109 Å². The molecular weight excluding hydrogens is 224 g/mol. The van der Waals surface area contributed by atoms with Crippen LogP contribution in [0.1, 0.15) is 31.7 Å². The van der Waals surface area contributed by atoms with Crippen molar-refractivity contribution in [2.75, 3.05) is 6.61 Å². The maximum atomic E-state index is 9.75. The van der Waals surface area contributed by atoms with Gasteiger partial charge < -0.3 is 9.84 Å². The molecule has 0 spiro atoms. The molecule has 2 nitrogen and oxygen atoms in total. The molecule has 1 aliphatic rings. The van der Waals surface area contributed by atoms with Gasteiger partial charge in [-0.1, -0.05) is 48.9 Å². The average Bonchev–Trinajstić information content (AvgIpc) is 2.90. The molecule has 0 radical (unpaired) electrons. The molecular formula is C16H20O2. The number of hydrogen-bond acceptors (Lipinski definition) is 2. The van der Waals surface area contributed by atoms with E-state index in [4.69, 9.17) is 4.74 Å². The van der Waals surface area contributed by atoms with Crippen molar-refractivity contribution in [3.8, 4) is 5.75 Å². The zero-order valence-electron chi connectivity index (χ0n) is 10.8. The minimum absolute atomic E-state index is 0.268. The molecule has 18 heavy (non-hydrogen) atoms. The molecule has 1 aliphatic heterocycles. The van der Waals surface area contributed by atoms with Crippen LogP contribution in [0.15, 0.2) is 42.0 Å². The van der Waals surface area contributed by atoms with Crippen LogP contribution in [0, 0.1) is 0 Å². The average molecular weight is 244 g/mol. The lowest BCUT2D eigenvalue weighted by Crippen LogP contribution is -2.04. The van der Waals surface area contributed by atoms with Gasteiger partial charge in [0, 0.05) is 5.56 Å². The summed E-state index contributed by atoms with van der Waals surface area (Å²) in [5.74, 6) is 0.348. The molecule has 1 heterocycles. The lowest BCUT2D eigenvalue weighted by Gasteiger charge is -2.10. The molecule has 0 aromatic heterocycles. The summed E-state index contributed by atoms with van der Waals surface area (Å²) in [6.07, 6.45) is 9.60. The molecule has 0 saturated carbocycles. The van der Waals surface area contributed by atoms with Crippen LogP contribution >= 0.6 is 0 Å². The monoisotopic (exact) mass is 244 g/mol. The third kappa shape index (κ3) is 3.47.